The third-order valence-corrected chi connectivity index (χ3v) is 0. The fourth-order valence-electron chi connectivity index (χ4n) is 0. The Morgan fingerprint density at radius 3 is 1.60 bits per heavy atom. The van der Waals surface area contributed by atoms with Gasteiger partial charge in [0.2, 0.25) is 0 Å². The highest BCUT2D eigenvalue weighted by Gasteiger charge is 1.95. The lowest BCUT2D eigenvalue weighted by Crippen LogP contribution is -2.36. The lowest BCUT2D eigenvalue weighted by molar-refractivity contribution is -0.220. The summed E-state index contributed by atoms with van der Waals surface area (Å²) in [4.78, 5) is 9.58. The van der Waals surface area contributed by atoms with E-state index in [0.717, 1.165) is 13.1 Å². The molecule has 3 heteroatoms. The van der Waals surface area contributed by atoms with Gasteiger partial charge in [-0.3, -0.25) is 0 Å². The third-order valence-electron chi connectivity index (χ3n) is 0. The van der Waals surface area contributed by atoms with Crippen LogP contribution in [0.3, 0.4) is 0 Å². The lowest BCUT2D eigenvalue weighted by Gasteiger charge is -2.13. The summed E-state index contributed by atoms with van der Waals surface area (Å²) in [7, 11) is -3.36. The molecular formula is C2H6FOSi-. The van der Waals surface area contributed by atoms with Gasteiger partial charge in [-0.05, 0) is 0 Å². The average molecular weight is 93.2 g/mol. The van der Waals surface area contributed by atoms with Crippen molar-refractivity contribution in [3.05, 3.63) is 0 Å². The van der Waals surface area contributed by atoms with Gasteiger partial charge in [0.25, 0.3) is 0 Å². The highest BCUT2D eigenvalue weighted by atomic mass is 28.4. The van der Waals surface area contributed by atoms with Crippen molar-refractivity contribution < 1.29 is 8.90 Å². The largest absolute Gasteiger partial charge is 0.834 e. The van der Waals surface area contributed by atoms with Crippen molar-refractivity contribution in [1.82, 2.24) is 0 Å². The summed E-state index contributed by atoms with van der Waals surface area (Å²) in [6, 6.07) is 0. The van der Waals surface area contributed by atoms with Crippen LogP contribution in [0.15, 0.2) is 0 Å². The first kappa shape index (κ1) is 5.11. The summed E-state index contributed by atoms with van der Waals surface area (Å²) >= 11 is 0. The second-order valence-corrected chi connectivity index (χ2v) is 4.09. The monoisotopic (exact) mass is 93.0 g/mol. The second kappa shape index (κ2) is 1.06. The molecule has 0 unspecified atom stereocenters. The van der Waals surface area contributed by atoms with E-state index in [1.54, 1.807) is 0 Å². The first-order valence-corrected chi connectivity index (χ1v) is 4.18. The molecule has 0 amide bonds. The minimum Gasteiger partial charge on any atom is -0.834 e. The Hall–Kier alpha value is 0.107. The van der Waals surface area contributed by atoms with Gasteiger partial charge in [0.05, 0.1) is 0 Å². The van der Waals surface area contributed by atoms with Crippen LogP contribution >= 0.6 is 0 Å². The highest BCUT2D eigenvalue weighted by Crippen LogP contribution is 1.86. The number of hydrogen-bond donors (Lipinski definition) is 0. The third kappa shape index (κ3) is 1600. The van der Waals surface area contributed by atoms with Gasteiger partial charge >= 0.3 is 0 Å². The van der Waals surface area contributed by atoms with Gasteiger partial charge in [-0.25, -0.2) is 0 Å². The molecule has 0 heterocycles. The smallest absolute Gasteiger partial charge is 0.150 e. The average Bonchev–Trinajstić information content (AvgIpc) is 0.722. The van der Waals surface area contributed by atoms with Gasteiger partial charge < -0.3 is 8.90 Å². The normalized spacial score (nSPS) is 12.0. The molecule has 0 saturated carbocycles. The summed E-state index contributed by atoms with van der Waals surface area (Å²) in [6.07, 6.45) is 0. The van der Waals surface area contributed by atoms with Crippen molar-refractivity contribution in [1.29, 1.82) is 0 Å². The van der Waals surface area contributed by atoms with Gasteiger partial charge in [-0.15, -0.1) is 0 Å². The fourth-order valence-corrected chi connectivity index (χ4v) is 0. The second-order valence-electron chi connectivity index (χ2n) is 1.36. The van der Waals surface area contributed by atoms with Crippen molar-refractivity contribution in [2.75, 3.05) is 0 Å². The summed E-state index contributed by atoms with van der Waals surface area (Å²) in [6.45, 7) is 2.21. The van der Waals surface area contributed by atoms with E-state index >= 15 is 0 Å². The Morgan fingerprint density at radius 1 is 1.60 bits per heavy atom. The molecule has 0 rings (SSSR count). The molecule has 0 aliphatic rings. The van der Waals surface area contributed by atoms with Gasteiger partial charge in [0.15, 0.2) is 0 Å². The van der Waals surface area contributed by atoms with Crippen LogP contribution in [-0.2, 0) is 0 Å². The maximum Gasteiger partial charge on any atom is 0.150 e. The molecule has 0 radical (unpaired) electrons. The molecule has 0 saturated heterocycles. The van der Waals surface area contributed by atoms with E-state index < -0.39 is 8.65 Å². The van der Waals surface area contributed by atoms with Crippen molar-refractivity contribution in [3.63, 3.8) is 0 Å². The Morgan fingerprint density at radius 2 is 1.60 bits per heavy atom. The van der Waals surface area contributed by atoms with Crippen LogP contribution < -0.4 is 4.80 Å². The predicted molar refractivity (Wildman–Crippen MR) is 18.6 cm³/mol. The minimum atomic E-state index is -3.36. The van der Waals surface area contributed by atoms with Crippen molar-refractivity contribution in [2.45, 2.75) is 13.1 Å². The summed E-state index contributed by atoms with van der Waals surface area (Å²) < 4.78 is 11.3. The summed E-state index contributed by atoms with van der Waals surface area (Å²) in [5, 5.41) is 0. The first-order valence-electron chi connectivity index (χ1n) is 1.39. The Kier molecular flexibility index (Phi) is 1.09. The molecule has 0 atom stereocenters. The Labute approximate surface area is 31.7 Å². The van der Waals surface area contributed by atoms with Crippen LogP contribution in [-0.4, -0.2) is 8.65 Å². The van der Waals surface area contributed by atoms with Crippen molar-refractivity contribution in [3.8, 4) is 0 Å². The molecule has 1 nitrogen and oxygen atoms in total. The van der Waals surface area contributed by atoms with Gasteiger partial charge in [-0.2, -0.15) is 0 Å². The molecule has 0 bridgehead atoms. The fraction of sp³-hybridized carbons (Fsp3) is 1.00. The van der Waals surface area contributed by atoms with E-state index in [1.165, 1.54) is 0 Å². The Balaban J connectivity index is 3.02. The molecule has 0 aliphatic heterocycles. The minimum absolute atomic E-state index is 1.10. The molecule has 0 aromatic carbocycles. The SMILES string of the molecule is C[Si](C)([O-])F. The number of rotatable bonds is 0. The van der Waals surface area contributed by atoms with Crippen LogP contribution in [0.5, 0.6) is 0 Å². The van der Waals surface area contributed by atoms with E-state index in [-0.39, 0.29) is 0 Å². The molecule has 0 aromatic rings. The molecule has 0 fully saturated rings. The van der Waals surface area contributed by atoms with E-state index in [0.29, 0.717) is 0 Å². The first-order chi connectivity index (χ1) is 2.00. The maximum absolute atomic E-state index is 11.3. The van der Waals surface area contributed by atoms with Crippen LogP contribution in [0.25, 0.3) is 0 Å². The molecule has 0 aromatic heterocycles. The highest BCUT2D eigenvalue weighted by molar-refractivity contribution is 6.60. The molecule has 0 N–H and O–H groups in total. The summed E-state index contributed by atoms with van der Waals surface area (Å²) in [5.74, 6) is 0. The van der Waals surface area contributed by atoms with Crippen molar-refractivity contribution >= 4 is 8.65 Å². The zero-order chi connectivity index (χ0) is 4.50. The topological polar surface area (TPSA) is 23.1 Å². The standard InChI is InChI=1S/C2H6FOSi/c1-5(2,3)4/h1-2H3/q-1. The molecule has 0 spiro atoms. The molecule has 32 valence electrons. The van der Waals surface area contributed by atoms with Gasteiger partial charge in [0, 0.05) is 0 Å². The lowest BCUT2D eigenvalue weighted by atomic mass is 11.9. The zero-order valence-electron chi connectivity index (χ0n) is 3.29. The predicted octanol–water partition coefficient (Wildman–Crippen LogP) is 0.0180. The quantitative estimate of drug-likeness (QED) is 0.306. The Bertz CT molecular complexity index is 25.1. The zero-order valence-corrected chi connectivity index (χ0v) is 4.29. The van der Waals surface area contributed by atoms with Crippen LogP contribution in [0.4, 0.5) is 4.11 Å². The molecular weight excluding hydrogens is 87.1 g/mol. The van der Waals surface area contributed by atoms with E-state index in [1.807, 2.05) is 0 Å². The van der Waals surface area contributed by atoms with E-state index in [4.69, 9.17) is 0 Å². The van der Waals surface area contributed by atoms with Gasteiger partial charge in [0.1, 0.15) is 8.65 Å². The molecule has 0 aliphatic carbocycles. The maximum atomic E-state index is 11.3. The van der Waals surface area contributed by atoms with E-state index in [9.17, 15) is 8.90 Å². The molecule has 5 heavy (non-hydrogen) atoms. The van der Waals surface area contributed by atoms with Gasteiger partial charge in [-0.1, -0.05) is 13.1 Å². The van der Waals surface area contributed by atoms with E-state index in [2.05, 4.69) is 0 Å². The van der Waals surface area contributed by atoms with Crippen LogP contribution in [0.1, 0.15) is 0 Å². The van der Waals surface area contributed by atoms with Crippen molar-refractivity contribution in [2.24, 2.45) is 0 Å². The van der Waals surface area contributed by atoms with Crippen LogP contribution in [0.2, 0.25) is 13.1 Å². The number of halogens is 1. The number of hydrogen-bond acceptors (Lipinski definition) is 1. The summed E-state index contributed by atoms with van der Waals surface area (Å²) in [5.41, 5.74) is 0. The van der Waals surface area contributed by atoms with Crippen LogP contribution in [0, 0.1) is 0 Å².